The van der Waals surface area contributed by atoms with Gasteiger partial charge in [0.15, 0.2) is 0 Å². The summed E-state index contributed by atoms with van der Waals surface area (Å²) in [6, 6.07) is 15.0. The van der Waals surface area contributed by atoms with Crippen LogP contribution in [0.1, 0.15) is 16.2 Å². The van der Waals surface area contributed by atoms with Crippen LogP contribution in [0.5, 0.6) is 5.75 Å². The van der Waals surface area contributed by atoms with Crippen LogP contribution in [-0.4, -0.2) is 49.5 Å². The fourth-order valence-electron chi connectivity index (χ4n) is 3.16. The third-order valence-electron chi connectivity index (χ3n) is 4.69. The zero-order valence-electron chi connectivity index (χ0n) is 16.1. The van der Waals surface area contributed by atoms with Gasteiger partial charge in [0, 0.05) is 30.4 Å². The summed E-state index contributed by atoms with van der Waals surface area (Å²) in [7, 11) is 1.55. The molecule has 1 N–H and O–H groups in total. The maximum Gasteiger partial charge on any atom is 0.255 e. The van der Waals surface area contributed by atoms with E-state index in [-0.39, 0.29) is 12.5 Å². The monoisotopic (exact) mass is 394 g/mol. The van der Waals surface area contributed by atoms with Crippen molar-refractivity contribution in [2.24, 2.45) is 0 Å². The number of carbonyl (C=O) groups is 1. The Bertz CT molecular complexity index is 968. The number of amides is 1. The molecule has 2 aromatic carbocycles. The third kappa shape index (κ3) is 4.38. The van der Waals surface area contributed by atoms with Crippen LogP contribution in [0.2, 0.25) is 0 Å². The lowest BCUT2D eigenvalue weighted by Gasteiger charge is -2.29. The van der Waals surface area contributed by atoms with Crippen LogP contribution in [0.4, 0.5) is 5.69 Å². The van der Waals surface area contributed by atoms with Crippen LogP contribution in [-0.2, 0) is 11.3 Å². The van der Waals surface area contributed by atoms with Crippen molar-refractivity contribution in [2.75, 3.05) is 38.3 Å². The lowest BCUT2D eigenvalue weighted by Crippen LogP contribution is -2.36. The molecule has 1 amide bonds. The summed E-state index contributed by atoms with van der Waals surface area (Å²) in [6.45, 7) is 3.15. The summed E-state index contributed by atoms with van der Waals surface area (Å²) < 4.78 is 16.5. The van der Waals surface area contributed by atoms with E-state index in [0.717, 1.165) is 24.3 Å². The van der Waals surface area contributed by atoms with Crippen molar-refractivity contribution in [3.63, 3.8) is 0 Å². The van der Waals surface area contributed by atoms with E-state index < -0.39 is 0 Å². The Labute approximate surface area is 168 Å². The average Bonchev–Trinajstić information content (AvgIpc) is 3.27. The second kappa shape index (κ2) is 8.74. The van der Waals surface area contributed by atoms with Crippen molar-refractivity contribution in [2.45, 2.75) is 6.54 Å². The van der Waals surface area contributed by atoms with Gasteiger partial charge in [0.1, 0.15) is 5.75 Å². The molecule has 1 fully saturated rings. The second-order valence-electron chi connectivity index (χ2n) is 6.53. The minimum atomic E-state index is -0.269. The predicted octanol–water partition coefficient (Wildman–Crippen LogP) is 2.51. The van der Waals surface area contributed by atoms with Gasteiger partial charge in [-0.15, -0.1) is 10.2 Å². The number of benzene rings is 2. The van der Waals surface area contributed by atoms with Gasteiger partial charge in [0.2, 0.25) is 11.8 Å². The van der Waals surface area contributed by atoms with E-state index in [2.05, 4.69) is 20.4 Å². The zero-order chi connectivity index (χ0) is 20.1. The number of hydrogen-bond acceptors (Lipinski definition) is 7. The summed E-state index contributed by atoms with van der Waals surface area (Å²) >= 11 is 0. The fourth-order valence-corrected chi connectivity index (χ4v) is 3.16. The lowest BCUT2D eigenvalue weighted by molar-refractivity contribution is 0.0944. The SMILES string of the molecule is COc1cc(N2CCOCC2)ccc1C(=O)NCc1nnc(-c2ccccc2)o1. The standard InChI is InChI=1S/C21H22N4O4/c1-27-18-13-16(25-9-11-28-12-10-25)7-8-17(18)20(26)22-14-19-23-24-21(29-19)15-5-3-2-4-6-15/h2-8,13H,9-12,14H2,1H3,(H,22,26). The largest absolute Gasteiger partial charge is 0.496 e. The number of anilines is 1. The molecule has 2 heterocycles. The molecular formula is C21H22N4O4. The molecule has 1 aromatic heterocycles. The highest BCUT2D eigenvalue weighted by Gasteiger charge is 2.18. The molecule has 0 spiro atoms. The second-order valence-corrected chi connectivity index (χ2v) is 6.53. The van der Waals surface area contributed by atoms with Gasteiger partial charge in [0.05, 0.1) is 32.4 Å². The number of ether oxygens (including phenoxy) is 2. The Hall–Kier alpha value is -3.39. The van der Waals surface area contributed by atoms with Crippen molar-refractivity contribution in [3.05, 3.63) is 60.0 Å². The highest BCUT2D eigenvalue weighted by atomic mass is 16.5. The molecule has 0 unspecified atom stereocenters. The first-order valence-electron chi connectivity index (χ1n) is 9.41. The Balaban J connectivity index is 1.42. The lowest BCUT2D eigenvalue weighted by atomic mass is 10.1. The molecule has 4 rings (SSSR count). The maximum absolute atomic E-state index is 12.6. The summed E-state index contributed by atoms with van der Waals surface area (Å²) in [5.74, 6) is 1.00. The van der Waals surface area contributed by atoms with E-state index in [1.165, 1.54) is 0 Å². The molecule has 8 nitrogen and oxygen atoms in total. The number of aromatic nitrogens is 2. The minimum Gasteiger partial charge on any atom is -0.496 e. The van der Waals surface area contributed by atoms with Crippen molar-refractivity contribution in [1.29, 1.82) is 0 Å². The fraction of sp³-hybridized carbons (Fsp3) is 0.286. The van der Waals surface area contributed by atoms with Crippen LogP contribution < -0.4 is 15.0 Å². The third-order valence-corrected chi connectivity index (χ3v) is 4.69. The van der Waals surface area contributed by atoms with Gasteiger partial charge < -0.3 is 24.1 Å². The van der Waals surface area contributed by atoms with Gasteiger partial charge in [-0.25, -0.2) is 0 Å². The van der Waals surface area contributed by atoms with Crippen LogP contribution in [0.15, 0.2) is 52.9 Å². The molecule has 3 aromatic rings. The Kier molecular flexibility index (Phi) is 5.71. The van der Waals surface area contributed by atoms with Crippen molar-refractivity contribution < 1.29 is 18.7 Å². The Morgan fingerprint density at radius 1 is 1.14 bits per heavy atom. The summed E-state index contributed by atoms with van der Waals surface area (Å²) in [5, 5.41) is 10.8. The number of methoxy groups -OCH3 is 1. The van der Waals surface area contributed by atoms with E-state index in [9.17, 15) is 4.79 Å². The van der Waals surface area contributed by atoms with Gasteiger partial charge in [-0.3, -0.25) is 4.79 Å². The number of nitrogens with zero attached hydrogens (tertiary/aromatic N) is 3. The molecule has 150 valence electrons. The highest BCUT2D eigenvalue weighted by molar-refractivity contribution is 5.97. The number of nitrogens with one attached hydrogen (secondary N) is 1. The predicted molar refractivity (Wildman–Crippen MR) is 107 cm³/mol. The van der Waals surface area contributed by atoms with Crippen LogP contribution in [0.3, 0.4) is 0 Å². The molecule has 0 saturated carbocycles. The smallest absolute Gasteiger partial charge is 0.255 e. The van der Waals surface area contributed by atoms with E-state index in [1.807, 2.05) is 42.5 Å². The molecule has 1 aliphatic heterocycles. The number of rotatable bonds is 6. The average molecular weight is 394 g/mol. The number of morpholine rings is 1. The molecule has 0 bridgehead atoms. The van der Waals surface area contributed by atoms with Gasteiger partial charge in [-0.1, -0.05) is 18.2 Å². The molecule has 8 heteroatoms. The summed E-state index contributed by atoms with van der Waals surface area (Å²) in [4.78, 5) is 14.9. The quantitative estimate of drug-likeness (QED) is 0.687. The molecule has 1 aliphatic rings. The van der Waals surface area contributed by atoms with Crippen LogP contribution in [0, 0.1) is 0 Å². The highest BCUT2D eigenvalue weighted by Crippen LogP contribution is 2.26. The summed E-state index contributed by atoms with van der Waals surface area (Å²) in [6.07, 6.45) is 0. The molecule has 0 radical (unpaired) electrons. The van der Waals surface area contributed by atoms with Crippen molar-refractivity contribution in [1.82, 2.24) is 15.5 Å². The first-order valence-corrected chi connectivity index (χ1v) is 9.41. The van der Waals surface area contributed by atoms with E-state index in [1.54, 1.807) is 13.2 Å². The van der Waals surface area contributed by atoms with E-state index in [4.69, 9.17) is 13.9 Å². The first-order chi connectivity index (χ1) is 14.2. The van der Waals surface area contributed by atoms with E-state index in [0.29, 0.717) is 36.3 Å². The van der Waals surface area contributed by atoms with Gasteiger partial charge in [-0.05, 0) is 24.3 Å². The minimum absolute atomic E-state index is 0.132. The molecule has 0 aliphatic carbocycles. The molecule has 1 saturated heterocycles. The van der Waals surface area contributed by atoms with Crippen LogP contribution >= 0.6 is 0 Å². The van der Waals surface area contributed by atoms with Crippen LogP contribution in [0.25, 0.3) is 11.5 Å². The Morgan fingerprint density at radius 3 is 2.69 bits per heavy atom. The number of hydrogen-bond donors (Lipinski definition) is 1. The number of carbonyl (C=O) groups excluding carboxylic acids is 1. The van der Waals surface area contributed by atoms with Gasteiger partial charge >= 0.3 is 0 Å². The molecule has 0 atom stereocenters. The zero-order valence-corrected chi connectivity index (χ0v) is 16.1. The Morgan fingerprint density at radius 2 is 1.93 bits per heavy atom. The van der Waals surface area contributed by atoms with Crippen molar-refractivity contribution in [3.8, 4) is 17.2 Å². The topological polar surface area (TPSA) is 89.7 Å². The van der Waals surface area contributed by atoms with Gasteiger partial charge in [-0.2, -0.15) is 0 Å². The summed E-state index contributed by atoms with van der Waals surface area (Å²) in [5.41, 5.74) is 2.29. The molecular weight excluding hydrogens is 372 g/mol. The van der Waals surface area contributed by atoms with Crippen molar-refractivity contribution >= 4 is 11.6 Å². The molecule has 29 heavy (non-hydrogen) atoms. The van der Waals surface area contributed by atoms with E-state index >= 15 is 0 Å². The first kappa shape index (κ1) is 18.9. The normalized spacial score (nSPS) is 13.9. The maximum atomic E-state index is 12.6. The van der Waals surface area contributed by atoms with Gasteiger partial charge in [0.25, 0.3) is 5.91 Å².